The van der Waals surface area contributed by atoms with E-state index in [-0.39, 0.29) is 24.1 Å². The molecule has 1 fully saturated rings. The van der Waals surface area contributed by atoms with E-state index in [4.69, 9.17) is 10.4 Å². The summed E-state index contributed by atoms with van der Waals surface area (Å²) >= 11 is 0. The summed E-state index contributed by atoms with van der Waals surface area (Å²) in [5, 5.41) is 14.2. The van der Waals surface area contributed by atoms with Gasteiger partial charge in [0.05, 0.1) is 11.3 Å². The van der Waals surface area contributed by atoms with E-state index < -0.39 is 0 Å². The van der Waals surface area contributed by atoms with Gasteiger partial charge in [-0.1, -0.05) is 0 Å². The van der Waals surface area contributed by atoms with Crippen LogP contribution in [0.3, 0.4) is 0 Å². The van der Waals surface area contributed by atoms with Crippen LogP contribution in [0, 0.1) is 19.3 Å². The van der Waals surface area contributed by atoms with E-state index in [0.717, 1.165) is 55.0 Å². The number of rotatable bonds is 8. The number of amides is 1. The first-order valence-electron chi connectivity index (χ1n) is 12.9. The maximum absolute atomic E-state index is 13.4. The zero-order valence-corrected chi connectivity index (χ0v) is 22.7. The summed E-state index contributed by atoms with van der Waals surface area (Å²) in [6.45, 7) is 11.4. The van der Waals surface area contributed by atoms with Crippen molar-refractivity contribution in [2.24, 2.45) is 0 Å². The van der Waals surface area contributed by atoms with Crippen LogP contribution in [0.2, 0.25) is 0 Å². The highest BCUT2D eigenvalue weighted by Gasteiger charge is 2.21. The number of H-pyrrole nitrogens is 1. The zero-order valence-electron chi connectivity index (χ0n) is 22.7. The molecule has 1 amide bonds. The lowest BCUT2D eigenvalue weighted by molar-refractivity contribution is 0.0950. The van der Waals surface area contributed by atoms with Gasteiger partial charge in [0.1, 0.15) is 11.6 Å². The number of carbonyl (C=O) groups is 1. The number of hydrogen-bond acceptors (Lipinski definition) is 8. The Morgan fingerprint density at radius 3 is 2.58 bits per heavy atom. The molecule has 200 valence electrons. The Hall–Kier alpha value is -4.05. The normalized spacial score (nSPS) is 14.0. The summed E-state index contributed by atoms with van der Waals surface area (Å²) in [6, 6.07) is 7.49. The molecule has 4 N–H and O–H groups in total. The van der Waals surface area contributed by atoms with Gasteiger partial charge in [0, 0.05) is 73.6 Å². The first-order chi connectivity index (χ1) is 18.2. The van der Waals surface area contributed by atoms with Gasteiger partial charge in [0.25, 0.3) is 11.5 Å². The number of nitrogens with one attached hydrogen (secondary N) is 4. The number of nitrogens with zero attached hydrogens (tertiary/aromatic N) is 4. The van der Waals surface area contributed by atoms with Crippen LogP contribution in [0.4, 0.5) is 11.6 Å². The molecule has 4 rings (SSSR count). The minimum absolute atomic E-state index is 0.0412. The Balaban J connectivity index is 1.70. The maximum Gasteiger partial charge on any atom is 0.253 e. The predicted molar refractivity (Wildman–Crippen MR) is 152 cm³/mol. The number of aryl methyl sites for hydroxylation is 2. The highest BCUT2D eigenvalue weighted by atomic mass is 16.1. The molecule has 0 aliphatic carbocycles. The van der Waals surface area contributed by atoms with Gasteiger partial charge >= 0.3 is 0 Å². The van der Waals surface area contributed by atoms with Gasteiger partial charge in [-0.2, -0.15) is 0 Å². The molecular weight excluding hydrogens is 480 g/mol. The van der Waals surface area contributed by atoms with Crippen molar-refractivity contribution >= 4 is 23.8 Å². The minimum Gasteiger partial charge on any atom is -0.367 e. The molecule has 4 heterocycles. The predicted octanol–water partition coefficient (Wildman–Crippen LogP) is 2.95. The highest BCUT2D eigenvalue weighted by Crippen LogP contribution is 2.28. The van der Waals surface area contributed by atoms with Gasteiger partial charge in [-0.3, -0.25) is 9.59 Å². The van der Waals surface area contributed by atoms with Crippen molar-refractivity contribution in [1.29, 1.82) is 5.41 Å². The topological polar surface area (TPSA) is 130 Å². The van der Waals surface area contributed by atoms with Crippen LogP contribution < -0.4 is 21.1 Å². The molecule has 10 nitrogen and oxygen atoms in total. The summed E-state index contributed by atoms with van der Waals surface area (Å²) in [5.41, 5.74) is 4.00. The van der Waals surface area contributed by atoms with Crippen molar-refractivity contribution in [2.75, 3.05) is 43.4 Å². The summed E-state index contributed by atoms with van der Waals surface area (Å²) in [6.07, 6.45) is 2.90. The Labute approximate surface area is 223 Å². The van der Waals surface area contributed by atoms with Crippen LogP contribution in [0.5, 0.6) is 0 Å². The molecule has 0 saturated carbocycles. The molecule has 1 saturated heterocycles. The summed E-state index contributed by atoms with van der Waals surface area (Å²) in [4.78, 5) is 42.6. The number of anilines is 2. The van der Waals surface area contributed by atoms with Crippen molar-refractivity contribution in [3.8, 4) is 11.3 Å². The molecule has 0 unspecified atom stereocenters. The van der Waals surface area contributed by atoms with E-state index >= 15 is 0 Å². The lowest BCUT2D eigenvalue weighted by Crippen LogP contribution is -2.44. The van der Waals surface area contributed by atoms with Gasteiger partial charge in [-0.05, 0) is 64.6 Å². The van der Waals surface area contributed by atoms with Crippen LogP contribution in [0.25, 0.3) is 11.3 Å². The standard InChI is InChI=1S/C28H36N8O2/c1-17(2)32-26-22(15-29)21(27(37)31-16-23-18(3)12-19(4)33-28(23)38)14-24(34-26)20-6-7-30-25(13-20)36-10-8-35(5)9-11-36/h6-7,12-15,17,29H,8-11,16H2,1-5H3,(H,31,37)(H,32,34)(H,33,38). The molecule has 10 heteroatoms. The molecule has 1 aliphatic heterocycles. The fourth-order valence-electron chi connectivity index (χ4n) is 4.57. The first kappa shape index (κ1) is 27.0. The quantitative estimate of drug-likeness (QED) is 0.339. The van der Waals surface area contributed by atoms with E-state index in [1.165, 1.54) is 0 Å². The van der Waals surface area contributed by atoms with Crippen LogP contribution in [-0.4, -0.2) is 71.2 Å². The second kappa shape index (κ2) is 11.6. The van der Waals surface area contributed by atoms with E-state index in [2.05, 4.69) is 37.4 Å². The molecule has 3 aromatic rings. The number of likely N-dealkylation sites (N-methyl/N-ethyl adjacent to an activating group) is 1. The van der Waals surface area contributed by atoms with E-state index in [9.17, 15) is 9.59 Å². The van der Waals surface area contributed by atoms with Crippen LogP contribution in [-0.2, 0) is 6.54 Å². The van der Waals surface area contributed by atoms with Crippen molar-refractivity contribution in [1.82, 2.24) is 25.2 Å². The van der Waals surface area contributed by atoms with Gasteiger partial charge in [0.15, 0.2) is 0 Å². The highest BCUT2D eigenvalue weighted by molar-refractivity contribution is 6.05. The lowest BCUT2D eigenvalue weighted by Gasteiger charge is -2.33. The molecule has 1 aliphatic rings. The SMILES string of the molecule is Cc1cc(C)c(CNC(=O)c2cc(-c3ccnc(N4CCN(C)CC4)c3)nc(NC(C)C)c2C=N)c(=O)[nH]1. The third kappa shape index (κ3) is 6.08. The average Bonchev–Trinajstić information content (AvgIpc) is 2.87. The number of carbonyl (C=O) groups excluding carboxylic acids is 1. The lowest BCUT2D eigenvalue weighted by atomic mass is 10.0. The van der Waals surface area contributed by atoms with Gasteiger partial charge in [-0.25, -0.2) is 9.97 Å². The molecular formula is C28H36N8O2. The third-order valence-corrected chi connectivity index (χ3v) is 6.66. The minimum atomic E-state index is -0.383. The van der Waals surface area contributed by atoms with E-state index in [0.29, 0.717) is 28.2 Å². The van der Waals surface area contributed by atoms with Crippen LogP contribution >= 0.6 is 0 Å². The van der Waals surface area contributed by atoms with Crippen molar-refractivity contribution in [3.63, 3.8) is 0 Å². The average molecular weight is 517 g/mol. The number of aromatic nitrogens is 3. The summed E-state index contributed by atoms with van der Waals surface area (Å²) in [5.74, 6) is 0.943. The van der Waals surface area contributed by atoms with Crippen molar-refractivity contribution in [2.45, 2.75) is 40.3 Å². The van der Waals surface area contributed by atoms with Gasteiger partial charge in [-0.15, -0.1) is 0 Å². The fraction of sp³-hybridized carbons (Fsp3) is 0.393. The fourth-order valence-corrected chi connectivity index (χ4v) is 4.57. The smallest absolute Gasteiger partial charge is 0.253 e. The van der Waals surface area contributed by atoms with Gasteiger partial charge < -0.3 is 30.8 Å². The first-order valence-corrected chi connectivity index (χ1v) is 12.9. The van der Waals surface area contributed by atoms with Crippen molar-refractivity contribution in [3.05, 3.63) is 68.8 Å². The van der Waals surface area contributed by atoms with Gasteiger partial charge in [0.2, 0.25) is 0 Å². The van der Waals surface area contributed by atoms with Crippen LogP contribution in [0.1, 0.15) is 46.6 Å². The Morgan fingerprint density at radius 1 is 1.18 bits per heavy atom. The maximum atomic E-state index is 13.4. The van der Waals surface area contributed by atoms with Crippen molar-refractivity contribution < 1.29 is 4.79 Å². The molecule has 0 bridgehead atoms. The molecule has 0 atom stereocenters. The zero-order chi connectivity index (χ0) is 27.4. The Bertz CT molecular complexity index is 1390. The van der Waals surface area contributed by atoms with E-state index in [1.54, 1.807) is 12.3 Å². The second-order valence-electron chi connectivity index (χ2n) is 10.1. The molecule has 3 aromatic heterocycles. The summed E-state index contributed by atoms with van der Waals surface area (Å²) < 4.78 is 0. The number of pyridine rings is 3. The number of hydrogen-bond donors (Lipinski definition) is 4. The second-order valence-corrected chi connectivity index (χ2v) is 10.1. The Kier molecular flexibility index (Phi) is 8.21. The van der Waals surface area contributed by atoms with Crippen LogP contribution in [0.15, 0.2) is 35.3 Å². The molecule has 0 spiro atoms. The monoisotopic (exact) mass is 516 g/mol. The third-order valence-electron chi connectivity index (χ3n) is 6.66. The summed E-state index contributed by atoms with van der Waals surface area (Å²) in [7, 11) is 2.11. The van der Waals surface area contributed by atoms with E-state index in [1.807, 2.05) is 45.9 Å². The molecule has 0 aromatic carbocycles. The Morgan fingerprint density at radius 2 is 1.92 bits per heavy atom. The molecule has 38 heavy (non-hydrogen) atoms. The number of aromatic amines is 1. The largest absolute Gasteiger partial charge is 0.367 e. The number of piperazine rings is 1. The molecule has 0 radical (unpaired) electrons.